The maximum absolute atomic E-state index is 12.5. The third-order valence-corrected chi connectivity index (χ3v) is 3.81. The maximum Gasteiger partial charge on any atom is 0.262 e. The summed E-state index contributed by atoms with van der Waals surface area (Å²) in [6.07, 6.45) is 2.24. The summed E-state index contributed by atoms with van der Waals surface area (Å²) in [5, 5.41) is 2.72. The van der Waals surface area contributed by atoms with Gasteiger partial charge in [-0.3, -0.25) is 9.59 Å². The number of hydrogen-bond donors (Lipinski definition) is 1. The molecule has 1 aromatic carbocycles. The van der Waals surface area contributed by atoms with E-state index in [0.29, 0.717) is 22.9 Å². The number of ether oxygens (including phenoxy) is 1. The molecule has 1 unspecified atom stereocenters. The van der Waals surface area contributed by atoms with Crippen molar-refractivity contribution in [3.05, 3.63) is 23.8 Å². The Balaban J connectivity index is 1.80. The Labute approximate surface area is 117 Å². The van der Waals surface area contributed by atoms with E-state index in [-0.39, 0.29) is 18.4 Å². The first-order valence-electron chi connectivity index (χ1n) is 6.99. The monoisotopic (exact) mass is 274 g/mol. The molecule has 0 bridgehead atoms. The number of carbonyl (C=O) groups is 2. The first-order valence-corrected chi connectivity index (χ1v) is 6.99. The van der Waals surface area contributed by atoms with Crippen LogP contribution in [-0.2, 0) is 4.79 Å². The summed E-state index contributed by atoms with van der Waals surface area (Å²) in [5.41, 5.74) is 1.25. The van der Waals surface area contributed by atoms with Crippen LogP contribution >= 0.6 is 0 Å². The average molecular weight is 274 g/mol. The SMILES string of the molecule is CC1CCCN(C(=O)c2ccc3c(c2)OCC(=O)N3)C1. The predicted molar refractivity (Wildman–Crippen MR) is 74.9 cm³/mol. The fraction of sp³-hybridized carbons (Fsp3) is 0.467. The highest BCUT2D eigenvalue weighted by Crippen LogP contribution is 2.29. The molecule has 2 aliphatic heterocycles. The van der Waals surface area contributed by atoms with Gasteiger partial charge < -0.3 is 15.0 Å². The minimum Gasteiger partial charge on any atom is -0.482 e. The number of amides is 2. The van der Waals surface area contributed by atoms with Gasteiger partial charge in [0.15, 0.2) is 6.61 Å². The van der Waals surface area contributed by atoms with Crippen LogP contribution in [0.1, 0.15) is 30.1 Å². The van der Waals surface area contributed by atoms with Gasteiger partial charge in [-0.15, -0.1) is 0 Å². The lowest BCUT2D eigenvalue weighted by Gasteiger charge is -2.31. The van der Waals surface area contributed by atoms with Gasteiger partial charge in [0, 0.05) is 18.7 Å². The Kier molecular flexibility index (Phi) is 3.34. The van der Waals surface area contributed by atoms with E-state index in [2.05, 4.69) is 12.2 Å². The van der Waals surface area contributed by atoms with Crippen LogP contribution in [0, 0.1) is 5.92 Å². The fourth-order valence-electron chi connectivity index (χ4n) is 2.76. The van der Waals surface area contributed by atoms with Gasteiger partial charge in [-0.1, -0.05) is 6.92 Å². The molecule has 2 amide bonds. The number of carbonyl (C=O) groups excluding carboxylic acids is 2. The van der Waals surface area contributed by atoms with Gasteiger partial charge in [-0.25, -0.2) is 0 Å². The van der Waals surface area contributed by atoms with Crippen molar-refractivity contribution in [1.82, 2.24) is 4.90 Å². The van der Waals surface area contributed by atoms with Gasteiger partial charge in [-0.05, 0) is 37.0 Å². The van der Waals surface area contributed by atoms with Crippen molar-refractivity contribution in [2.24, 2.45) is 5.92 Å². The van der Waals surface area contributed by atoms with Crippen LogP contribution in [0.4, 0.5) is 5.69 Å². The van der Waals surface area contributed by atoms with E-state index < -0.39 is 0 Å². The van der Waals surface area contributed by atoms with E-state index in [1.807, 2.05) is 4.90 Å². The minimum absolute atomic E-state index is 0.00535. The van der Waals surface area contributed by atoms with Crippen LogP contribution < -0.4 is 10.1 Å². The number of nitrogens with one attached hydrogen (secondary N) is 1. The number of anilines is 1. The first kappa shape index (κ1) is 13.0. The molecule has 2 aliphatic rings. The Morgan fingerprint density at radius 1 is 1.45 bits per heavy atom. The summed E-state index contributed by atoms with van der Waals surface area (Å²) in [5.74, 6) is 1.00. The van der Waals surface area contributed by atoms with Crippen molar-refractivity contribution >= 4 is 17.5 Å². The quantitative estimate of drug-likeness (QED) is 0.850. The van der Waals surface area contributed by atoms with Crippen molar-refractivity contribution in [2.75, 3.05) is 25.0 Å². The van der Waals surface area contributed by atoms with Crippen molar-refractivity contribution in [3.8, 4) is 5.75 Å². The van der Waals surface area contributed by atoms with E-state index in [0.717, 1.165) is 19.5 Å². The van der Waals surface area contributed by atoms with Gasteiger partial charge in [0.1, 0.15) is 5.75 Å². The molecule has 1 saturated heterocycles. The lowest BCUT2D eigenvalue weighted by atomic mass is 9.99. The smallest absolute Gasteiger partial charge is 0.262 e. The van der Waals surface area contributed by atoms with Gasteiger partial charge in [0.2, 0.25) is 0 Å². The predicted octanol–water partition coefficient (Wildman–Crippen LogP) is 1.89. The highest BCUT2D eigenvalue weighted by Gasteiger charge is 2.24. The highest BCUT2D eigenvalue weighted by molar-refractivity contribution is 5.99. The normalized spacial score (nSPS) is 21.8. The zero-order valence-electron chi connectivity index (χ0n) is 11.5. The van der Waals surface area contributed by atoms with E-state index in [9.17, 15) is 9.59 Å². The summed E-state index contributed by atoms with van der Waals surface area (Å²) < 4.78 is 5.35. The van der Waals surface area contributed by atoms with Crippen molar-refractivity contribution in [2.45, 2.75) is 19.8 Å². The van der Waals surface area contributed by atoms with Gasteiger partial charge >= 0.3 is 0 Å². The average Bonchev–Trinajstić information content (AvgIpc) is 2.46. The second-order valence-corrected chi connectivity index (χ2v) is 5.55. The summed E-state index contributed by atoms with van der Waals surface area (Å²) in [6.45, 7) is 3.81. The van der Waals surface area contributed by atoms with Crippen LogP contribution in [-0.4, -0.2) is 36.4 Å². The standard InChI is InChI=1S/C15H18N2O3/c1-10-3-2-6-17(8-10)15(19)11-4-5-12-13(7-11)20-9-14(18)16-12/h4-5,7,10H,2-3,6,8-9H2,1H3,(H,16,18). The fourth-order valence-corrected chi connectivity index (χ4v) is 2.76. The molecule has 20 heavy (non-hydrogen) atoms. The Morgan fingerprint density at radius 3 is 3.10 bits per heavy atom. The number of benzene rings is 1. The van der Waals surface area contributed by atoms with E-state index >= 15 is 0 Å². The van der Waals surface area contributed by atoms with Gasteiger partial charge in [0.05, 0.1) is 5.69 Å². The molecule has 0 saturated carbocycles. The van der Waals surface area contributed by atoms with Gasteiger partial charge in [-0.2, -0.15) is 0 Å². The van der Waals surface area contributed by atoms with Crippen LogP contribution in [0.3, 0.4) is 0 Å². The summed E-state index contributed by atoms with van der Waals surface area (Å²) in [7, 11) is 0. The zero-order valence-corrected chi connectivity index (χ0v) is 11.5. The minimum atomic E-state index is -0.165. The molecule has 0 aliphatic carbocycles. The highest BCUT2D eigenvalue weighted by atomic mass is 16.5. The molecule has 106 valence electrons. The van der Waals surface area contributed by atoms with Crippen molar-refractivity contribution in [1.29, 1.82) is 0 Å². The molecule has 1 aromatic rings. The number of rotatable bonds is 1. The van der Waals surface area contributed by atoms with Crippen LogP contribution in [0.2, 0.25) is 0 Å². The lowest BCUT2D eigenvalue weighted by molar-refractivity contribution is -0.118. The number of fused-ring (bicyclic) bond motifs is 1. The number of nitrogens with zero attached hydrogens (tertiary/aromatic N) is 1. The summed E-state index contributed by atoms with van der Waals surface area (Å²) in [6, 6.07) is 5.19. The Bertz CT molecular complexity index is 556. The lowest BCUT2D eigenvalue weighted by Crippen LogP contribution is -2.39. The molecule has 1 atom stereocenters. The number of likely N-dealkylation sites (tertiary alicyclic amines) is 1. The second kappa shape index (κ2) is 5.15. The molecule has 1 fully saturated rings. The molecule has 0 spiro atoms. The van der Waals surface area contributed by atoms with Crippen molar-refractivity contribution in [3.63, 3.8) is 0 Å². The first-order chi connectivity index (χ1) is 9.63. The zero-order chi connectivity index (χ0) is 14.1. The van der Waals surface area contributed by atoms with Crippen molar-refractivity contribution < 1.29 is 14.3 Å². The van der Waals surface area contributed by atoms with Crippen LogP contribution in [0.15, 0.2) is 18.2 Å². The molecule has 2 heterocycles. The maximum atomic E-state index is 12.5. The topological polar surface area (TPSA) is 58.6 Å². The number of piperidine rings is 1. The van der Waals surface area contributed by atoms with E-state index in [1.165, 1.54) is 6.42 Å². The van der Waals surface area contributed by atoms with Crippen LogP contribution in [0.5, 0.6) is 5.75 Å². The molecule has 5 nitrogen and oxygen atoms in total. The molecule has 3 rings (SSSR count). The summed E-state index contributed by atoms with van der Waals surface area (Å²) >= 11 is 0. The largest absolute Gasteiger partial charge is 0.482 e. The number of hydrogen-bond acceptors (Lipinski definition) is 3. The molecule has 1 N–H and O–H groups in total. The Hall–Kier alpha value is -2.04. The van der Waals surface area contributed by atoms with Gasteiger partial charge in [0.25, 0.3) is 11.8 Å². The molecule has 0 radical (unpaired) electrons. The van der Waals surface area contributed by atoms with Crippen LogP contribution in [0.25, 0.3) is 0 Å². The summed E-state index contributed by atoms with van der Waals surface area (Å²) in [4.78, 5) is 25.6. The van der Waals surface area contributed by atoms with E-state index in [1.54, 1.807) is 18.2 Å². The van der Waals surface area contributed by atoms with E-state index in [4.69, 9.17) is 4.74 Å². The third kappa shape index (κ3) is 2.48. The molecular formula is C15H18N2O3. The molecule has 0 aromatic heterocycles. The molecular weight excluding hydrogens is 256 g/mol. The second-order valence-electron chi connectivity index (χ2n) is 5.55. The molecule has 5 heteroatoms. The Morgan fingerprint density at radius 2 is 2.30 bits per heavy atom. The third-order valence-electron chi connectivity index (χ3n) is 3.81.